The Balaban J connectivity index is 1.50. The predicted octanol–water partition coefficient (Wildman–Crippen LogP) is 2.68. The quantitative estimate of drug-likeness (QED) is 0.412. The molecule has 1 spiro atoms. The Hall–Kier alpha value is -3.95. The summed E-state index contributed by atoms with van der Waals surface area (Å²) in [5.41, 5.74) is -0.990. The molecule has 4 aliphatic rings. The van der Waals surface area contributed by atoms with E-state index in [9.17, 15) is 19.5 Å². The zero-order chi connectivity index (χ0) is 28.8. The van der Waals surface area contributed by atoms with Crippen LogP contribution < -0.4 is 9.64 Å². The molecule has 4 aliphatic heterocycles. The van der Waals surface area contributed by atoms with Gasteiger partial charge in [-0.3, -0.25) is 14.4 Å². The zero-order valence-corrected chi connectivity index (χ0v) is 23.1. The van der Waals surface area contributed by atoms with Crippen molar-refractivity contribution in [2.45, 2.75) is 43.1 Å². The van der Waals surface area contributed by atoms with Crippen LogP contribution in [0.1, 0.15) is 18.9 Å². The molecule has 2 aromatic carbocycles. The fraction of sp³-hybridized carbons (Fsp3) is 0.406. The number of anilines is 1. The average Bonchev–Trinajstić information content (AvgIpc) is 3.28. The molecule has 41 heavy (non-hydrogen) atoms. The standard InChI is InChI=1S/C32H34N2O7/c1-3-31-15-8-18-40-30(38)26(31)25-28(36)34(23(20-35)19-21-9-5-4-6-10-21)27-29(37)33(17-7-16-32(25,27)41-31)22-11-13-24(39-2)14-12-22/h4-16,23,25-27,35H,3,17-20H2,1-2H3/t23-,25+,26-,27?,31+,32+/m1/s1. The van der Waals surface area contributed by atoms with Gasteiger partial charge in [0.25, 0.3) is 5.91 Å². The van der Waals surface area contributed by atoms with Crippen molar-refractivity contribution in [2.75, 3.05) is 31.8 Å². The third-order valence-corrected chi connectivity index (χ3v) is 8.94. The van der Waals surface area contributed by atoms with Crippen LogP contribution in [0.5, 0.6) is 5.75 Å². The lowest BCUT2D eigenvalue weighted by atomic mass is 9.73. The number of aliphatic hydroxyl groups is 1. The minimum Gasteiger partial charge on any atom is -0.497 e. The van der Waals surface area contributed by atoms with E-state index in [1.807, 2.05) is 49.4 Å². The number of esters is 1. The fourth-order valence-electron chi connectivity index (χ4n) is 7.06. The molecule has 0 saturated carbocycles. The number of likely N-dealkylation sites (tertiary alicyclic amines) is 1. The molecular weight excluding hydrogens is 524 g/mol. The maximum Gasteiger partial charge on any atom is 0.313 e. The topological polar surface area (TPSA) is 106 Å². The van der Waals surface area contributed by atoms with Gasteiger partial charge in [-0.15, -0.1) is 0 Å². The molecule has 1 unspecified atom stereocenters. The van der Waals surface area contributed by atoms with Gasteiger partial charge >= 0.3 is 5.97 Å². The van der Waals surface area contributed by atoms with Crippen molar-refractivity contribution < 1.29 is 33.7 Å². The number of carbonyl (C=O) groups excluding carboxylic acids is 3. The van der Waals surface area contributed by atoms with Crippen LogP contribution in [0.2, 0.25) is 0 Å². The van der Waals surface area contributed by atoms with Gasteiger partial charge in [-0.2, -0.15) is 0 Å². The Morgan fingerprint density at radius 1 is 1.00 bits per heavy atom. The van der Waals surface area contributed by atoms with Gasteiger partial charge in [0.05, 0.1) is 25.7 Å². The normalized spacial score (nSPS) is 31.2. The van der Waals surface area contributed by atoms with E-state index in [-0.39, 0.29) is 25.7 Å². The summed E-state index contributed by atoms with van der Waals surface area (Å²) in [5.74, 6) is -2.54. The van der Waals surface area contributed by atoms with E-state index in [4.69, 9.17) is 14.2 Å². The first kappa shape index (κ1) is 27.2. The molecule has 2 amide bonds. The summed E-state index contributed by atoms with van der Waals surface area (Å²) < 4.78 is 17.7. The van der Waals surface area contributed by atoms with Crippen molar-refractivity contribution in [1.82, 2.24) is 4.90 Å². The Bertz CT molecular complexity index is 1390. The van der Waals surface area contributed by atoms with Crippen molar-refractivity contribution in [1.29, 1.82) is 0 Å². The highest BCUT2D eigenvalue weighted by molar-refractivity contribution is 6.05. The highest BCUT2D eigenvalue weighted by Crippen LogP contribution is 2.59. The molecule has 0 bridgehead atoms. The summed E-state index contributed by atoms with van der Waals surface area (Å²) >= 11 is 0. The molecule has 9 nitrogen and oxygen atoms in total. The first-order chi connectivity index (χ1) is 19.9. The molecular formula is C32H34N2O7. The molecule has 0 aliphatic carbocycles. The first-order valence-corrected chi connectivity index (χ1v) is 14.0. The summed E-state index contributed by atoms with van der Waals surface area (Å²) in [4.78, 5) is 45.8. The molecule has 1 N–H and O–H groups in total. The molecule has 9 heteroatoms. The SMILES string of the molecule is CC[C@]12C=CCOC(=O)[C@H]1[C@H]1C(=O)N([C@@H](CO)Cc3ccccc3)C3C(=O)N(c4ccc(OC)cc4)CC=C[C@@]31O2. The number of hydrogen-bond acceptors (Lipinski definition) is 7. The van der Waals surface area contributed by atoms with Gasteiger partial charge in [0.2, 0.25) is 5.91 Å². The van der Waals surface area contributed by atoms with E-state index in [1.54, 1.807) is 48.4 Å². The minimum absolute atomic E-state index is 0.0920. The van der Waals surface area contributed by atoms with E-state index in [0.717, 1.165) is 5.56 Å². The summed E-state index contributed by atoms with van der Waals surface area (Å²) in [5, 5.41) is 10.6. The first-order valence-electron chi connectivity index (χ1n) is 14.0. The number of aliphatic hydroxyl groups excluding tert-OH is 1. The second-order valence-electron chi connectivity index (χ2n) is 11.0. The van der Waals surface area contributed by atoms with E-state index < -0.39 is 47.0 Å². The van der Waals surface area contributed by atoms with Crippen LogP contribution in [-0.2, 0) is 30.3 Å². The van der Waals surface area contributed by atoms with E-state index >= 15 is 0 Å². The Kier molecular flexibility index (Phi) is 6.95. The number of hydrogen-bond donors (Lipinski definition) is 1. The number of carbonyl (C=O) groups is 3. The summed E-state index contributed by atoms with van der Waals surface area (Å²) in [6.07, 6.45) is 7.94. The summed E-state index contributed by atoms with van der Waals surface area (Å²) in [6, 6.07) is 14.8. The summed E-state index contributed by atoms with van der Waals surface area (Å²) in [7, 11) is 1.57. The number of nitrogens with zero attached hydrogens (tertiary/aromatic N) is 2. The zero-order valence-electron chi connectivity index (χ0n) is 23.1. The van der Waals surface area contributed by atoms with Crippen LogP contribution in [0.15, 0.2) is 78.9 Å². The Morgan fingerprint density at radius 2 is 1.76 bits per heavy atom. The smallest absolute Gasteiger partial charge is 0.313 e. The third-order valence-electron chi connectivity index (χ3n) is 8.94. The largest absolute Gasteiger partial charge is 0.497 e. The van der Waals surface area contributed by atoms with Gasteiger partial charge in [-0.1, -0.05) is 55.5 Å². The predicted molar refractivity (Wildman–Crippen MR) is 150 cm³/mol. The maximum atomic E-state index is 14.7. The third kappa shape index (κ3) is 4.18. The van der Waals surface area contributed by atoms with Gasteiger partial charge in [0.15, 0.2) is 0 Å². The Labute approximate surface area is 239 Å². The fourth-order valence-corrected chi connectivity index (χ4v) is 7.06. The van der Waals surface area contributed by atoms with Crippen LogP contribution >= 0.6 is 0 Å². The molecule has 214 valence electrons. The number of ether oxygens (including phenoxy) is 3. The number of rotatable bonds is 7. The van der Waals surface area contributed by atoms with Crippen molar-refractivity contribution in [3.63, 3.8) is 0 Å². The van der Waals surface area contributed by atoms with Crippen LogP contribution in [-0.4, -0.2) is 77.9 Å². The maximum absolute atomic E-state index is 14.7. The molecule has 0 aromatic heterocycles. The highest BCUT2D eigenvalue weighted by Gasteiger charge is 2.76. The van der Waals surface area contributed by atoms with Crippen LogP contribution in [0, 0.1) is 11.8 Å². The van der Waals surface area contributed by atoms with E-state index in [2.05, 4.69) is 0 Å². The van der Waals surface area contributed by atoms with Gasteiger partial charge in [-0.05, 0) is 48.7 Å². The van der Waals surface area contributed by atoms with E-state index in [0.29, 0.717) is 24.3 Å². The number of fused-ring (bicyclic) bond motifs is 2. The molecule has 2 fully saturated rings. The summed E-state index contributed by atoms with van der Waals surface area (Å²) in [6.45, 7) is 1.87. The average molecular weight is 559 g/mol. The minimum atomic E-state index is -1.43. The van der Waals surface area contributed by atoms with Gasteiger partial charge in [0, 0.05) is 12.2 Å². The molecule has 2 aromatic rings. The molecule has 0 radical (unpaired) electrons. The highest BCUT2D eigenvalue weighted by atomic mass is 16.6. The van der Waals surface area contributed by atoms with Gasteiger partial charge in [-0.25, -0.2) is 0 Å². The number of cyclic esters (lactones) is 1. The lowest BCUT2D eigenvalue weighted by Gasteiger charge is -2.40. The second-order valence-corrected chi connectivity index (χ2v) is 11.0. The monoisotopic (exact) mass is 558 g/mol. The van der Waals surface area contributed by atoms with Crippen molar-refractivity contribution in [2.24, 2.45) is 11.8 Å². The lowest BCUT2D eigenvalue weighted by molar-refractivity contribution is -0.159. The van der Waals surface area contributed by atoms with Crippen LogP contribution in [0.4, 0.5) is 5.69 Å². The van der Waals surface area contributed by atoms with Crippen LogP contribution in [0.3, 0.4) is 0 Å². The lowest BCUT2D eigenvalue weighted by Crippen LogP contribution is -2.59. The van der Waals surface area contributed by atoms with E-state index in [1.165, 1.54) is 4.90 Å². The number of methoxy groups -OCH3 is 1. The Morgan fingerprint density at radius 3 is 2.44 bits per heavy atom. The van der Waals surface area contributed by atoms with Crippen molar-refractivity contribution >= 4 is 23.5 Å². The molecule has 4 heterocycles. The van der Waals surface area contributed by atoms with Gasteiger partial charge < -0.3 is 29.1 Å². The van der Waals surface area contributed by atoms with Gasteiger partial charge in [0.1, 0.15) is 35.5 Å². The number of amides is 2. The van der Waals surface area contributed by atoms with Crippen molar-refractivity contribution in [3.05, 3.63) is 84.5 Å². The van der Waals surface area contributed by atoms with Crippen molar-refractivity contribution in [3.8, 4) is 5.75 Å². The molecule has 2 saturated heterocycles. The van der Waals surface area contributed by atoms with Crippen LogP contribution in [0.25, 0.3) is 0 Å². The molecule has 6 rings (SSSR count). The molecule has 6 atom stereocenters. The second kappa shape index (κ2) is 10.5. The number of benzene rings is 2.